The topological polar surface area (TPSA) is 43.5 Å². The van der Waals surface area contributed by atoms with Gasteiger partial charge in [0.05, 0.1) is 31.5 Å². The van der Waals surface area contributed by atoms with Gasteiger partial charge >= 0.3 is 0 Å². The largest absolute Gasteiger partial charge is 0.487 e. The van der Waals surface area contributed by atoms with Crippen LogP contribution in [0.4, 0.5) is 0 Å². The molecule has 2 aromatic carbocycles. The zero-order valence-corrected chi connectivity index (χ0v) is 21.4. The van der Waals surface area contributed by atoms with E-state index in [0.29, 0.717) is 24.7 Å². The minimum absolute atomic E-state index is 0.105. The normalized spacial score (nSPS) is 25.3. The van der Waals surface area contributed by atoms with Gasteiger partial charge in [0.1, 0.15) is 17.5 Å². The highest BCUT2D eigenvalue weighted by atomic mass is 16.6. The standard InChI is InChI=1S/C30H40O4/c1-6-29(4,17-26-18-31-26)34-25-15-13-22(14-16-25)28(2,3)21-7-9-23(10-8-21)30(5,24-11-12-24)33-20-27-19-32-27/h7-10,13-16,24,26-27H,6,11-12,17-20H2,1-5H3. The van der Waals surface area contributed by atoms with Crippen LogP contribution in [0.25, 0.3) is 0 Å². The lowest BCUT2D eigenvalue weighted by Gasteiger charge is -2.32. The van der Waals surface area contributed by atoms with Crippen molar-refractivity contribution < 1.29 is 18.9 Å². The van der Waals surface area contributed by atoms with Crippen molar-refractivity contribution in [3.05, 3.63) is 65.2 Å². The molecule has 5 rings (SSSR count). The average molecular weight is 465 g/mol. The summed E-state index contributed by atoms with van der Waals surface area (Å²) in [6, 6.07) is 17.7. The number of benzene rings is 2. The van der Waals surface area contributed by atoms with Crippen LogP contribution >= 0.6 is 0 Å². The highest BCUT2D eigenvalue weighted by molar-refractivity contribution is 5.42. The summed E-state index contributed by atoms with van der Waals surface area (Å²) in [6.45, 7) is 13.6. The summed E-state index contributed by atoms with van der Waals surface area (Å²) in [5, 5.41) is 0. The Morgan fingerprint density at radius 3 is 1.82 bits per heavy atom. The lowest BCUT2D eigenvalue weighted by molar-refractivity contribution is -0.0593. The molecule has 2 aliphatic heterocycles. The van der Waals surface area contributed by atoms with E-state index in [-0.39, 0.29) is 16.6 Å². The third kappa shape index (κ3) is 5.19. The van der Waals surface area contributed by atoms with E-state index in [1.54, 1.807) is 0 Å². The van der Waals surface area contributed by atoms with Crippen LogP contribution in [0.15, 0.2) is 48.5 Å². The highest BCUT2D eigenvalue weighted by Gasteiger charge is 2.45. The molecule has 3 aliphatic rings. The summed E-state index contributed by atoms with van der Waals surface area (Å²) >= 11 is 0. The lowest BCUT2D eigenvalue weighted by atomic mass is 9.77. The summed E-state index contributed by atoms with van der Waals surface area (Å²) < 4.78 is 23.6. The van der Waals surface area contributed by atoms with Gasteiger partial charge in [0, 0.05) is 11.8 Å². The van der Waals surface area contributed by atoms with Gasteiger partial charge in [0.15, 0.2) is 0 Å². The summed E-state index contributed by atoms with van der Waals surface area (Å²) in [5.74, 6) is 1.54. The van der Waals surface area contributed by atoms with Gasteiger partial charge in [-0.1, -0.05) is 57.2 Å². The van der Waals surface area contributed by atoms with Gasteiger partial charge in [0.25, 0.3) is 0 Å². The molecule has 0 amide bonds. The maximum absolute atomic E-state index is 6.42. The van der Waals surface area contributed by atoms with Crippen molar-refractivity contribution in [1.29, 1.82) is 0 Å². The average Bonchev–Trinajstić information content (AvgIpc) is 3.68. The lowest BCUT2D eigenvalue weighted by Crippen LogP contribution is -2.33. The van der Waals surface area contributed by atoms with Crippen molar-refractivity contribution in [3.8, 4) is 5.75 Å². The van der Waals surface area contributed by atoms with Crippen LogP contribution < -0.4 is 4.74 Å². The van der Waals surface area contributed by atoms with Crippen molar-refractivity contribution in [1.82, 2.24) is 0 Å². The molecule has 1 saturated carbocycles. The van der Waals surface area contributed by atoms with Gasteiger partial charge in [-0.15, -0.1) is 0 Å². The number of hydrogen-bond acceptors (Lipinski definition) is 4. The molecule has 4 nitrogen and oxygen atoms in total. The maximum Gasteiger partial charge on any atom is 0.120 e. The monoisotopic (exact) mass is 464 g/mol. The molecular weight excluding hydrogens is 424 g/mol. The molecule has 2 heterocycles. The molecule has 0 aromatic heterocycles. The molecule has 0 N–H and O–H groups in total. The molecular formula is C30H40O4. The third-order valence-corrected chi connectivity index (χ3v) is 8.26. The SMILES string of the molecule is CCC(C)(CC1CO1)Oc1ccc(C(C)(C)c2ccc(C(C)(OCC3CO3)C3CC3)cc2)cc1. The molecule has 4 heteroatoms. The van der Waals surface area contributed by atoms with E-state index in [4.69, 9.17) is 18.9 Å². The number of ether oxygens (including phenoxy) is 4. The molecule has 3 fully saturated rings. The van der Waals surface area contributed by atoms with E-state index >= 15 is 0 Å². The van der Waals surface area contributed by atoms with Crippen LogP contribution in [0.3, 0.4) is 0 Å². The van der Waals surface area contributed by atoms with Gasteiger partial charge in [-0.25, -0.2) is 0 Å². The second kappa shape index (κ2) is 8.96. The van der Waals surface area contributed by atoms with Crippen LogP contribution in [0.2, 0.25) is 0 Å². The molecule has 0 radical (unpaired) electrons. The summed E-state index contributed by atoms with van der Waals surface area (Å²) in [5.41, 5.74) is 3.35. The Bertz CT molecular complexity index is 970. The van der Waals surface area contributed by atoms with E-state index < -0.39 is 0 Å². The molecule has 184 valence electrons. The van der Waals surface area contributed by atoms with Gasteiger partial charge in [-0.2, -0.15) is 0 Å². The second-order valence-electron chi connectivity index (χ2n) is 11.4. The summed E-state index contributed by atoms with van der Waals surface area (Å²) in [6.07, 6.45) is 5.05. The zero-order chi connectivity index (χ0) is 24.0. The molecule has 0 bridgehead atoms. The van der Waals surface area contributed by atoms with Crippen LogP contribution in [-0.4, -0.2) is 37.6 Å². The highest BCUT2D eigenvalue weighted by Crippen LogP contribution is 2.48. The fourth-order valence-corrected chi connectivity index (χ4v) is 5.04. The first-order valence-electron chi connectivity index (χ1n) is 13.0. The number of hydrogen-bond donors (Lipinski definition) is 0. The Kier molecular flexibility index (Phi) is 6.29. The van der Waals surface area contributed by atoms with Crippen molar-refractivity contribution in [2.24, 2.45) is 5.92 Å². The number of epoxide rings is 2. The van der Waals surface area contributed by atoms with Crippen LogP contribution in [-0.2, 0) is 25.2 Å². The fraction of sp³-hybridized carbons (Fsp3) is 0.600. The summed E-state index contributed by atoms with van der Waals surface area (Å²) in [7, 11) is 0. The minimum atomic E-state index is -0.217. The quantitative estimate of drug-likeness (QED) is 0.341. The molecule has 4 atom stereocenters. The second-order valence-corrected chi connectivity index (χ2v) is 11.4. The van der Waals surface area contributed by atoms with Crippen molar-refractivity contribution in [2.45, 2.75) is 89.1 Å². The molecule has 0 spiro atoms. The predicted molar refractivity (Wildman–Crippen MR) is 134 cm³/mol. The van der Waals surface area contributed by atoms with Gasteiger partial charge in [-0.05, 0) is 67.9 Å². The van der Waals surface area contributed by atoms with Crippen molar-refractivity contribution in [3.63, 3.8) is 0 Å². The van der Waals surface area contributed by atoms with Gasteiger partial charge < -0.3 is 18.9 Å². The Hall–Kier alpha value is -1.88. The molecule has 2 saturated heterocycles. The van der Waals surface area contributed by atoms with Gasteiger partial charge in [-0.3, -0.25) is 0 Å². The Balaban J connectivity index is 1.29. The molecule has 4 unspecified atom stereocenters. The zero-order valence-electron chi connectivity index (χ0n) is 21.4. The van der Waals surface area contributed by atoms with Crippen LogP contribution in [0.1, 0.15) is 77.0 Å². The first kappa shape index (κ1) is 23.8. The fourth-order valence-electron chi connectivity index (χ4n) is 5.04. The first-order valence-corrected chi connectivity index (χ1v) is 13.0. The first-order chi connectivity index (χ1) is 16.2. The van der Waals surface area contributed by atoms with E-state index in [1.807, 2.05) is 0 Å². The number of rotatable bonds is 12. The smallest absolute Gasteiger partial charge is 0.120 e. The molecule has 1 aliphatic carbocycles. The maximum atomic E-state index is 6.42. The third-order valence-electron chi connectivity index (χ3n) is 8.26. The van der Waals surface area contributed by atoms with E-state index in [1.165, 1.54) is 29.5 Å². The summed E-state index contributed by atoms with van der Waals surface area (Å²) in [4.78, 5) is 0. The molecule has 2 aromatic rings. The van der Waals surface area contributed by atoms with Crippen LogP contribution in [0.5, 0.6) is 5.75 Å². The van der Waals surface area contributed by atoms with Crippen LogP contribution in [0, 0.1) is 5.92 Å². The Morgan fingerprint density at radius 2 is 1.32 bits per heavy atom. The van der Waals surface area contributed by atoms with E-state index in [2.05, 4.69) is 83.1 Å². The Labute approximate surface area is 204 Å². The van der Waals surface area contributed by atoms with Gasteiger partial charge in [0.2, 0.25) is 0 Å². The minimum Gasteiger partial charge on any atom is -0.487 e. The van der Waals surface area contributed by atoms with E-state index in [9.17, 15) is 0 Å². The molecule has 34 heavy (non-hydrogen) atoms. The predicted octanol–water partition coefficient (Wildman–Crippen LogP) is 6.39. The van der Waals surface area contributed by atoms with Crippen molar-refractivity contribution >= 4 is 0 Å². The Morgan fingerprint density at radius 1 is 0.794 bits per heavy atom. The van der Waals surface area contributed by atoms with E-state index in [0.717, 1.165) is 31.8 Å². The van der Waals surface area contributed by atoms with Crippen molar-refractivity contribution in [2.75, 3.05) is 19.8 Å².